The highest BCUT2D eigenvalue weighted by Crippen LogP contribution is 2.19. The summed E-state index contributed by atoms with van der Waals surface area (Å²) in [5.74, 6) is 0.720. The minimum absolute atomic E-state index is 0.0644. The molecule has 0 N–H and O–H groups in total. The molecule has 0 saturated carbocycles. The lowest BCUT2D eigenvalue weighted by Crippen LogP contribution is -2.36. The summed E-state index contributed by atoms with van der Waals surface area (Å²) in [6.45, 7) is 5.46. The molecule has 0 saturated heterocycles. The standard InChI is InChI=1S/C15H23NO3/c1-5-19-15-9-7-6-8-13(15)14(17)10-16(3)12(2)11-18-4/h6-9,12H,5,10-11H2,1-4H3. The van der Waals surface area contributed by atoms with Crippen LogP contribution >= 0.6 is 0 Å². The van der Waals surface area contributed by atoms with Crippen molar-refractivity contribution < 1.29 is 14.3 Å². The summed E-state index contributed by atoms with van der Waals surface area (Å²) in [6.07, 6.45) is 0. The summed E-state index contributed by atoms with van der Waals surface area (Å²) in [5.41, 5.74) is 0.640. The van der Waals surface area contributed by atoms with E-state index in [0.29, 0.717) is 31.1 Å². The highest BCUT2D eigenvalue weighted by atomic mass is 16.5. The van der Waals surface area contributed by atoms with Crippen LogP contribution in [0, 0.1) is 0 Å². The maximum atomic E-state index is 12.3. The van der Waals surface area contributed by atoms with Crippen LogP contribution in [0.4, 0.5) is 0 Å². The first-order chi connectivity index (χ1) is 9.10. The van der Waals surface area contributed by atoms with E-state index < -0.39 is 0 Å². The summed E-state index contributed by atoms with van der Waals surface area (Å²) < 4.78 is 10.6. The predicted molar refractivity (Wildman–Crippen MR) is 75.9 cm³/mol. The first-order valence-corrected chi connectivity index (χ1v) is 6.54. The molecule has 1 rings (SSSR count). The number of carbonyl (C=O) groups excluding carboxylic acids is 1. The Balaban J connectivity index is 2.72. The molecule has 4 heteroatoms. The number of nitrogens with zero attached hydrogens (tertiary/aromatic N) is 1. The van der Waals surface area contributed by atoms with Crippen LogP contribution in [0.1, 0.15) is 24.2 Å². The van der Waals surface area contributed by atoms with Crippen LogP contribution in [0.5, 0.6) is 5.75 Å². The summed E-state index contributed by atoms with van der Waals surface area (Å²) in [7, 11) is 3.58. The summed E-state index contributed by atoms with van der Waals surface area (Å²) in [5, 5.41) is 0. The third kappa shape index (κ3) is 4.65. The normalized spacial score (nSPS) is 12.5. The molecule has 1 atom stereocenters. The summed E-state index contributed by atoms with van der Waals surface area (Å²) in [6, 6.07) is 7.57. The van der Waals surface area contributed by atoms with Crippen molar-refractivity contribution in [3.05, 3.63) is 29.8 Å². The van der Waals surface area contributed by atoms with Gasteiger partial charge in [0.2, 0.25) is 0 Å². The number of ketones is 1. The second-order valence-electron chi connectivity index (χ2n) is 4.57. The molecule has 0 spiro atoms. The largest absolute Gasteiger partial charge is 0.493 e. The average molecular weight is 265 g/mol. The number of rotatable bonds is 8. The number of likely N-dealkylation sites (N-methyl/N-ethyl adjacent to an activating group) is 1. The molecule has 106 valence electrons. The number of para-hydroxylation sites is 1. The highest BCUT2D eigenvalue weighted by Gasteiger charge is 2.17. The number of ether oxygens (including phenoxy) is 2. The fourth-order valence-corrected chi connectivity index (χ4v) is 1.81. The molecule has 0 aliphatic rings. The average Bonchev–Trinajstić information content (AvgIpc) is 2.39. The van der Waals surface area contributed by atoms with Crippen LogP contribution in [-0.4, -0.2) is 50.6 Å². The van der Waals surface area contributed by atoms with Gasteiger partial charge in [-0.15, -0.1) is 0 Å². The molecule has 1 aromatic rings. The maximum Gasteiger partial charge on any atom is 0.180 e. The van der Waals surface area contributed by atoms with Crippen molar-refractivity contribution in [3.63, 3.8) is 0 Å². The van der Waals surface area contributed by atoms with Crippen molar-refractivity contribution in [2.24, 2.45) is 0 Å². The quantitative estimate of drug-likeness (QED) is 0.676. The number of methoxy groups -OCH3 is 1. The molecule has 1 unspecified atom stereocenters. The Hall–Kier alpha value is -1.39. The van der Waals surface area contributed by atoms with Crippen molar-refractivity contribution in [3.8, 4) is 5.75 Å². The smallest absolute Gasteiger partial charge is 0.180 e. The van der Waals surface area contributed by atoms with E-state index in [-0.39, 0.29) is 11.8 Å². The van der Waals surface area contributed by atoms with Crippen LogP contribution in [-0.2, 0) is 4.74 Å². The van der Waals surface area contributed by atoms with Crippen molar-refractivity contribution in [1.82, 2.24) is 4.90 Å². The van der Waals surface area contributed by atoms with E-state index in [1.807, 2.05) is 50.1 Å². The van der Waals surface area contributed by atoms with Crippen LogP contribution in [0.3, 0.4) is 0 Å². The lowest BCUT2D eigenvalue weighted by Gasteiger charge is -2.23. The number of hydrogen-bond acceptors (Lipinski definition) is 4. The lowest BCUT2D eigenvalue weighted by molar-refractivity contribution is 0.0838. The van der Waals surface area contributed by atoms with Gasteiger partial charge in [0.15, 0.2) is 5.78 Å². The minimum atomic E-state index is 0.0644. The molecule has 4 nitrogen and oxygen atoms in total. The number of benzene rings is 1. The van der Waals surface area contributed by atoms with Crippen LogP contribution < -0.4 is 4.74 Å². The van der Waals surface area contributed by atoms with E-state index in [2.05, 4.69) is 0 Å². The van der Waals surface area contributed by atoms with Gasteiger partial charge in [0.25, 0.3) is 0 Å². The maximum absolute atomic E-state index is 12.3. The number of hydrogen-bond donors (Lipinski definition) is 0. The van der Waals surface area contributed by atoms with Crippen LogP contribution in [0.2, 0.25) is 0 Å². The molecular formula is C15H23NO3. The van der Waals surface area contributed by atoms with E-state index >= 15 is 0 Å². The molecule has 0 bridgehead atoms. The van der Waals surface area contributed by atoms with Crippen molar-refractivity contribution in [1.29, 1.82) is 0 Å². The molecular weight excluding hydrogens is 242 g/mol. The fourth-order valence-electron chi connectivity index (χ4n) is 1.81. The van der Waals surface area contributed by atoms with Gasteiger partial charge in [-0.1, -0.05) is 12.1 Å². The molecule has 0 fully saturated rings. The second-order valence-corrected chi connectivity index (χ2v) is 4.57. The van der Waals surface area contributed by atoms with E-state index in [9.17, 15) is 4.79 Å². The predicted octanol–water partition coefficient (Wildman–Crippen LogP) is 2.23. The van der Waals surface area contributed by atoms with Gasteiger partial charge in [0.05, 0.1) is 25.3 Å². The van der Waals surface area contributed by atoms with Gasteiger partial charge in [0.1, 0.15) is 5.75 Å². The minimum Gasteiger partial charge on any atom is -0.493 e. The molecule has 19 heavy (non-hydrogen) atoms. The first kappa shape index (κ1) is 15.7. The lowest BCUT2D eigenvalue weighted by atomic mass is 10.1. The van der Waals surface area contributed by atoms with Gasteiger partial charge in [0, 0.05) is 13.2 Å². The topological polar surface area (TPSA) is 38.8 Å². The second kappa shape index (κ2) is 7.92. The SMILES string of the molecule is CCOc1ccccc1C(=O)CN(C)C(C)COC. The summed E-state index contributed by atoms with van der Waals surface area (Å²) >= 11 is 0. The molecule has 0 aromatic heterocycles. The Bertz CT molecular complexity index is 406. The Morgan fingerprint density at radius 3 is 2.68 bits per heavy atom. The highest BCUT2D eigenvalue weighted by molar-refractivity contribution is 6.00. The monoisotopic (exact) mass is 265 g/mol. The van der Waals surface area contributed by atoms with Gasteiger partial charge >= 0.3 is 0 Å². The van der Waals surface area contributed by atoms with Crippen molar-refractivity contribution in [2.75, 3.05) is 33.9 Å². The molecule has 0 aliphatic heterocycles. The van der Waals surface area contributed by atoms with E-state index in [0.717, 1.165) is 0 Å². The Labute approximate surface area is 115 Å². The third-order valence-corrected chi connectivity index (χ3v) is 3.04. The Morgan fingerprint density at radius 1 is 1.37 bits per heavy atom. The first-order valence-electron chi connectivity index (χ1n) is 6.54. The Kier molecular flexibility index (Phi) is 6.53. The van der Waals surface area contributed by atoms with Crippen LogP contribution in [0.15, 0.2) is 24.3 Å². The van der Waals surface area contributed by atoms with Gasteiger partial charge in [-0.05, 0) is 33.0 Å². The van der Waals surface area contributed by atoms with Crippen molar-refractivity contribution in [2.45, 2.75) is 19.9 Å². The Morgan fingerprint density at radius 2 is 2.05 bits per heavy atom. The molecule has 1 aromatic carbocycles. The van der Waals surface area contributed by atoms with Gasteiger partial charge in [-0.2, -0.15) is 0 Å². The third-order valence-electron chi connectivity index (χ3n) is 3.04. The zero-order valence-electron chi connectivity index (χ0n) is 12.2. The summed E-state index contributed by atoms with van der Waals surface area (Å²) in [4.78, 5) is 14.3. The molecule has 0 heterocycles. The number of carbonyl (C=O) groups is 1. The molecule has 0 amide bonds. The molecule has 0 radical (unpaired) electrons. The zero-order chi connectivity index (χ0) is 14.3. The van der Waals surface area contributed by atoms with E-state index in [4.69, 9.17) is 9.47 Å². The van der Waals surface area contributed by atoms with E-state index in [1.165, 1.54) is 0 Å². The van der Waals surface area contributed by atoms with Gasteiger partial charge in [-0.3, -0.25) is 9.69 Å². The van der Waals surface area contributed by atoms with Gasteiger partial charge in [-0.25, -0.2) is 0 Å². The van der Waals surface area contributed by atoms with Crippen LogP contribution in [0.25, 0.3) is 0 Å². The van der Waals surface area contributed by atoms with Crippen molar-refractivity contribution >= 4 is 5.78 Å². The fraction of sp³-hybridized carbons (Fsp3) is 0.533. The number of Topliss-reactive ketones (excluding diaryl/α,β-unsaturated/α-hetero) is 1. The van der Waals surface area contributed by atoms with E-state index in [1.54, 1.807) is 7.11 Å². The van der Waals surface area contributed by atoms with Gasteiger partial charge < -0.3 is 9.47 Å². The zero-order valence-corrected chi connectivity index (χ0v) is 12.2. The molecule has 0 aliphatic carbocycles.